The highest BCUT2D eigenvalue weighted by atomic mass is 32.1. The highest BCUT2D eigenvalue weighted by molar-refractivity contribution is 7.32. The van der Waals surface area contributed by atoms with Gasteiger partial charge in [0.2, 0.25) is 0 Å². The Bertz CT molecular complexity index is 4970. The Morgan fingerprint density at radius 1 is 0.286 bits per heavy atom. The molecule has 13 aromatic carbocycles. The van der Waals surface area contributed by atoms with Crippen LogP contribution in [0.2, 0.25) is 0 Å². The predicted octanol–water partition coefficient (Wildman–Crippen LogP) is 18.5. The van der Waals surface area contributed by atoms with Crippen LogP contribution in [0.1, 0.15) is 0 Å². The predicted molar refractivity (Wildman–Crippen MR) is 384 cm³/mol. The molecule has 0 radical (unpaired) electrons. The molecule has 4 aliphatic heterocycles. The third-order valence-corrected chi connectivity index (χ3v) is 19.7. The number of hydrogen-bond donors (Lipinski definition) is 0. The molecular weight excluding hydrogens is 1120 g/mol. The largest absolute Gasteiger partial charge is 0.458 e. The van der Waals surface area contributed by atoms with E-state index in [-0.39, 0.29) is 13.4 Å². The fourth-order valence-electron chi connectivity index (χ4n) is 14.7. The maximum Gasteiger partial charge on any atom is 0.264 e. The van der Waals surface area contributed by atoms with E-state index >= 15 is 0 Å². The summed E-state index contributed by atoms with van der Waals surface area (Å²) in [5.41, 5.74) is 25.6. The first kappa shape index (κ1) is 52.6. The third kappa shape index (κ3) is 8.57. The highest BCUT2D eigenvalue weighted by Gasteiger charge is 2.50. The van der Waals surface area contributed by atoms with Crippen molar-refractivity contribution in [1.82, 2.24) is 0 Å². The Morgan fingerprint density at radius 3 is 1.21 bits per heavy atom. The second-order valence-corrected chi connectivity index (χ2v) is 24.6. The Kier molecular flexibility index (Phi) is 12.5. The number of fused-ring (bicyclic) bond motifs is 8. The van der Waals surface area contributed by atoms with Crippen LogP contribution in [0.4, 0.5) is 85.3 Å². The van der Waals surface area contributed by atoms with E-state index in [9.17, 15) is 0 Å². The average molecular weight is 1180 g/mol. The van der Waals surface area contributed by atoms with Gasteiger partial charge in [-0.05, 0) is 148 Å². The van der Waals surface area contributed by atoms with Crippen molar-refractivity contribution in [2.24, 2.45) is 0 Å². The maximum atomic E-state index is 7.80. The summed E-state index contributed by atoms with van der Waals surface area (Å²) in [7, 11) is 0. The number of rotatable bonds is 11. The summed E-state index contributed by atoms with van der Waals surface area (Å²) in [4.78, 5) is 13.6. The smallest absolute Gasteiger partial charge is 0.264 e. The van der Waals surface area contributed by atoms with Crippen molar-refractivity contribution in [3.05, 3.63) is 334 Å². The van der Waals surface area contributed by atoms with Gasteiger partial charge in [-0.15, -0.1) is 11.3 Å². The van der Waals surface area contributed by atoms with Crippen molar-refractivity contribution in [2.75, 3.05) is 24.5 Å². The van der Waals surface area contributed by atoms with Gasteiger partial charge in [-0.2, -0.15) is 0 Å². The molecule has 4 aliphatic rings. The van der Waals surface area contributed by atoms with E-state index in [2.05, 4.69) is 358 Å². The summed E-state index contributed by atoms with van der Waals surface area (Å²) < 4.78 is 9.08. The van der Waals surface area contributed by atoms with Gasteiger partial charge in [0.1, 0.15) is 11.5 Å². The average Bonchev–Trinajstić information content (AvgIpc) is 1.63. The van der Waals surface area contributed by atoms with Gasteiger partial charge in [0.05, 0.1) is 17.1 Å². The van der Waals surface area contributed by atoms with E-state index < -0.39 is 0 Å². The van der Waals surface area contributed by atoms with Crippen LogP contribution in [0.5, 0.6) is 11.5 Å². The van der Waals surface area contributed by atoms with Crippen molar-refractivity contribution in [2.45, 2.75) is 0 Å². The number of hydrogen-bond acceptors (Lipinski definition) is 7. The summed E-state index contributed by atoms with van der Waals surface area (Å²) in [5, 5.41) is 0. The third-order valence-electron chi connectivity index (χ3n) is 18.4. The first-order chi connectivity index (χ1) is 45.2. The summed E-state index contributed by atoms with van der Waals surface area (Å²) in [5.74, 6) is 1.65. The summed E-state index contributed by atoms with van der Waals surface area (Å²) >= 11 is 1.93. The molecule has 14 aromatic rings. The first-order valence-electron chi connectivity index (χ1n) is 31.1. The minimum atomic E-state index is -0.228. The zero-order valence-corrected chi connectivity index (χ0v) is 50.3. The summed E-state index contributed by atoms with van der Waals surface area (Å²) in [6.07, 6.45) is 0. The molecule has 6 nitrogen and oxygen atoms in total. The van der Waals surface area contributed by atoms with Crippen LogP contribution in [0.15, 0.2) is 334 Å². The number of thiophene rings is 1. The first-order valence-corrected chi connectivity index (χ1v) is 32.0. The van der Waals surface area contributed by atoms with Crippen LogP contribution < -0.4 is 61.3 Å². The van der Waals surface area contributed by atoms with E-state index in [0.29, 0.717) is 0 Å². The lowest BCUT2D eigenvalue weighted by Crippen LogP contribution is -2.64. The van der Waals surface area contributed by atoms with Gasteiger partial charge in [0.25, 0.3) is 13.4 Å². The SMILES string of the molecule is c1ccc(-c2sc3c(c2-c2ccccc2)N(c2ccccc2)c2cc(N(c4ccccc4)c4ccccc4)cc4c2B3c2cc3c(cc2N4c2ccccc2)Oc2cc(N(c4ccccc4)c4ccccc4)cc4c2B3c2ccccc2N4c2ccccc2)cc1. The Labute approximate surface area is 534 Å². The molecule has 0 saturated heterocycles. The fourth-order valence-corrected chi connectivity index (χ4v) is 16.1. The van der Waals surface area contributed by atoms with Gasteiger partial charge < -0.3 is 29.2 Å². The molecule has 9 heteroatoms. The minimum Gasteiger partial charge on any atom is -0.458 e. The van der Waals surface area contributed by atoms with Gasteiger partial charge in [0.15, 0.2) is 0 Å². The number of benzene rings is 13. The molecule has 0 bridgehead atoms. The number of anilines is 15. The molecule has 426 valence electrons. The van der Waals surface area contributed by atoms with Crippen molar-refractivity contribution in [3.63, 3.8) is 0 Å². The zero-order chi connectivity index (χ0) is 59.9. The van der Waals surface area contributed by atoms with Crippen LogP contribution in [-0.4, -0.2) is 13.4 Å². The lowest BCUT2D eigenvalue weighted by Gasteiger charge is -2.45. The molecule has 91 heavy (non-hydrogen) atoms. The van der Waals surface area contributed by atoms with E-state index in [4.69, 9.17) is 4.74 Å². The van der Waals surface area contributed by atoms with E-state index in [0.717, 1.165) is 102 Å². The maximum absolute atomic E-state index is 7.80. The highest BCUT2D eigenvalue weighted by Crippen LogP contribution is 2.55. The Balaban J connectivity index is 0.958. The normalized spacial score (nSPS) is 12.8. The summed E-state index contributed by atoms with van der Waals surface area (Å²) in [6, 6.07) is 122. The van der Waals surface area contributed by atoms with Crippen LogP contribution >= 0.6 is 11.3 Å². The second kappa shape index (κ2) is 21.7. The molecule has 0 fully saturated rings. The number of ether oxygens (including phenoxy) is 1. The molecule has 0 unspecified atom stereocenters. The standard InChI is InChI=1S/C82H55B2N5OS/c1-10-30-56(31-11-1)77-80-82(91-81(77)57-32-12-2-13-33-57)84-68-54-69-75(90-76-53-66(86(60-38-18-5-19-39-60)61-40-20-6-21-41-61)52-74-79(76)83(69)67-48-28-29-49-70(67)87(74)62-42-22-7-23-43-62)55-71(68)88(63-44-24-8-25-45-63)72-50-65(51-73(78(72)84)89(80)64-46-26-9-27-47-64)85(58-34-14-3-15-35-58)59-36-16-4-17-37-59/h1-55H. The number of nitrogens with zero attached hydrogens (tertiary/aromatic N) is 5. The lowest BCUT2D eigenvalue weighted by molar-refractivity contribution is 0.488. The molecule has 0 saturated carbocycles. The van der Waals surface area contributed by atoms with E-state index in [1.807, 2.05) is 11.3 Å². The quantitative estimate of drug-likeness (QED) is 0.120. The molecule has 1 aromatic heterocycles. The van der Waals surface area contributed by atoms with Crippen molar-refractivity contribution in [1.29, 1.82) is 0 Å². The lowest BCUT2D eigenvalue weighted by atomic mass is 9.31. The van der Waals surface area contributed by atoms with Gasteiger partial charge in [0, 0.05) is 95.6 Å². The Hall–Kier alpha value is -11.5. The molecule has 0 amide bonds. The fraction of sp³-hybridized carbons (Fsp3) is 0. The topological polar surface area (TPSA) is 25.4 Å². The molecular formula is C82H55B2N5OS. The molecule has 0 aliphatic carbocycles. The number of para-hydroxylation sites is 8. The van der Waals surface area contributed by atoms with Crippen LogP contribution in [-0.2, 0) is 0 Å². The molecule has 0 spiro atoms. The summed E-state index contributed by atoms with van der Waals surface area (Å²) in [6.45, 7) is -0.425. The second-order valence-electron chi connectivity index (χ2n) is 23.5. The molecule has 0 atom stereocenters. The van der Waals surface area contributed by atoms with Gasteiger partial charge in [-0.25, -0.2) is 0 Å². The van der Waals surface area contributed by atoms with Crippen LogP contribution in [0.3, 0.4) is 0 Å². The van der Waals surface area contributed by atoms with Gasteiger partial charge in [-0.3, -0.25) is 0 Å². The van der Waals surface area contributed by atoms with E-state index in [1.165, 1.54) is 48.4 Å². The molecule has 5 heterocycles. The van der Waals surface area contributed by atoms with Crippen molar-refractivity contribution in [3.8, 4) is 33.1 Å². The molecule has 0 N–H and O–H groups in total. The minimum absolute atomic E-state index is 0.197. The zero-order valence-electron chi connectivity index (χ0n) is 49.5. The van der Waals surface area contributed by atoms with Crippen molar-refractivity contribution < 1.29 is 4.74 Å². The van der Waals surface area contributed by atoms with E-state index in [1.54, 1.807) is 0 Å². The van der Waals surface area contributed by atoms with Crippen LogP contribution in [0, 0.1) is 0 Å². The van der Waals surface area contributed by atoms with Crippen molar-refractivity contribution >= 4 is 142 Å². The monoisotopic (exact) mass is 1180 g/mol. The van der Waals surface area contributed by atoms with Gasteiger partial charge in [-0.1, -0.05) is 212 Å². The Morgan fingerprint density at radius 2 is 0.692 bits per heavy atom. The van der Waals surface area contributed by atoms with Gasteiger partial charge >= 0.3 is 0 Å². The van der Waals surface area contributed by atoms with Crippen LogP contribution in [0.25, 0.3) is 21.6 Å². The molecule has 18 rings (SSSR count).